The second-order valence-corrected chi connectivity index (χ2v) is 4.76. The SMILES string of the molecule is Cc1ccc([N+](=O)[O-])cc1C(C)N(C)CC(C)O. The predicted octanol–water partition coefficient (Wildman–Crippen LogP) is 2.28. The van der Waals surface area contributed by atoms with Crippen molar-refractivity contribution < 1.29 is 10.0 Å². The summed E-state index contributed by atoms with van der Waals surface area (Å²) in [6, 6.07) is 4.92. The van der Waals surface area contributed by atoms with Gasteiger partial charge in [0.2, 0.25) is 0 Å². The molecule has 100 valence electrons. The van der Waals surface area contributed by atoms with Crippen molar-refractivity contribution >= 4 is 5.69 Å². The molecule has 0 saturated carbocycles. The summed E-state index contributed by atoms with van der Waals surface area (Å²) in [4.78, 5) is 12.4. The number of nitrogens with zero attached hydrogens (tertiary/aromatic N) is 2. The Bertz CT molecular complexity index is 432. The van der Waals surface area contributed by atoms with Gasteiger partial charge in [-0.3, -0.25) is 15.0 Å². The number of nitro groups is 1. The number of nitro benzene ring substituents is 1. The lowest BCUT2D eigenvalue weighted by Gasteiger charge is -2.27. The molecule has 2 unspecified atom stereocenters. The van der Waals surface area contributed by atoms with Gasteiger partial charge in [-0.1, -0.05) is 6.07 Å². The van der Waals surface area contributed by atoms with E-state index in [0.717, 1.165) is 11.1 Å². The van der Waals surface area contributed by atoms with Crippen molar-refractivity contribution in [3.63, 3.8) is 0 Å². The summed E-state index contributed by atoms with van der Waals surface area (Å²) >= 11 is 0. The summed E-state index contributed by atoms with van der Waals surface area (Å²) < 4.78 is 0. The highest BCUT2D eigenvalue weighted by atomic mass is 16.6. The highest BCUT2D eigenvalue weighted by Gasteiger charge is 2.18. The van der Waals surface area contributed by atoms with E-state index in [2.05, 4.69) is 0 Å². The van der Waals surface area contributed by atoms with E-state index >= 15 is 0 Å². The van der Waals surface area contributed by atoms with Crippen molar-refractivity contribution in [2.75, 3.05) is 13.6 Å². The first kappa shape index (κ1) is 14.6. The van der Waals surface area contributed by atoms with Crippen LogP contribution in [-0.2, 0) is 0 Å². The first-order valence-electron chi connectivity index (χ1n) is 5.96. The summed E-state index contributed by atoms with van der Waals surface area (Å²) in [6.45, 7) is 6.17. The number of aliphatic hydroxyl groups excluding tert-OH is 1. The highest BCUT2D eigenvalue weighted by Crippen LogP contribution is 2.26. The number of aliphatic hydroxyl groups is 1. The first-order valence-corrected chi connectivity index (χ1v) is 5.96. The van der Waals surface area contributed by atoms with Crippen LogP contribution in [-0.4, -0.2) is 34.6 Å². The van der Waals surface area contributed by atoms with Gasteiger partial charge in [-0.25, -0.2) is 0 Å². The summed E-state index contributed by atoms with van der Waals surface area (Å²) in [7, 11) is 1.90. The van der Waals surface area contributed by atoms with Crippen LogP contribution in [0.2, 0.25) is 0 Å². The highest BCUT2D eigenvalue weighted by molar-refractivity contribution is 5.40. The fraction of sp³-hybridized carbons (Fsp3) is 0.538. The Balaban J connectivity index is 3.00. The number of aryl methyl sites for hydroxylation is 1. The zero-order valence-electron chi connectivity index (χ0n) is 11.3. The van der Waals surface area contributed by atoms with Crippen LogP contribution in [0.3, 0.4) is 0 Å². The molecule has 1 rings (SSSR count). The predicted molar refractivity (Wildman–Crippen MR) is 70.6 cm³/mol. The van der Waals surface area contributed by atoms with Crippen LogP contribution in [0.5, 0.6) is 0 Å². The molecule has 0 aliphatic heterocycles. The molecule has 18 heavy (non-hydrogen) atoms. The molecular weight excluding hydrogens is 232 g/mol. The molecular formula is C13H20N2O3. The zero-order valence-corrected chi connectivity index (χ0v) is 11.3. The van der Waals surface area contributed by atoms with E-state index in [1.165, 1.54) is 6.07 Å². The van der Waals surface area contributed by atoms with E-state index in [9.17, 15) is 15.2 Å². The Kier molecular flexibility index (Phi) is 4.81. The molecule has 0 aliphatic rings. The first-order chi connectivity index (χ1) is 8.32. The van der Waals surface area contributed by atoms with Gasteiger partial charge in [-0.2, -0.15) is 0 Å². The Hall–Kier alpha value is -1.46. The minimum absolute atomic E-state index is 0.0273. The Morgan fingerprint density at radius 1 is 1.44 bits per heavy atom. The molecule has 0 aromatic heterocycles. The van der Waals surface area contributed by atoms with Gasteiger partial charge in [-0.15, -0.1) is 0 Å². The van der Waals surface area contributed by atoms with Crippen LogP contribution < -0.4 is 0 Å². The van der Waals surface area contributed by atoms with Gasteiger partial charge >= 0.3 is 0 Å². The largest absolute Gasteiger partial charge is 0.392 e. The van der Waals surface area contributed by atoms with E-state index in [-0.39, 0.29) is 16.7 Å². The van der Waals surface area contributed by atoms with Crippen LogP contribution >= 0.6 is 0 Å². The van der Waals surface area contributed by atoms with E-state index in [0.29, 0.717) is 6.54 Å². The topological polar surface area (TPSA) is 66.6 Å². The minimum Gasteiger partial charge on any atom is -0.392 e. The molecule has 5 heteroatoms. The van der Waals surface area contributed by atoms with Crippen molar-refractivity contribution in [2.45, 2.75) is 32.9 Å². The van der Waals surface area contributed by atoms with Gasteiger partial charge in [0.05, 0.1) is 11.0 Å². The number of hydrogen-bond donors (Lipinski definition) is 1. The van der Waals surface area contributed by atoms with Crippen LogP contribution in [0, 0.1) is 17.0 Å². The third-order valence-corrected chi connectivity index (χ3v) is 3.14. The fourth-order valence-electron chi connectivity index (χ4n) is 2.00. The zero-order chi connectivity index (χ0) is 13.9. The van der Waals surface area contributed by atoms with Gasteiger partial charge in [0.25, 0.3) is 5.69 Å². The molecule has 0 aliphatic carbocycles. The number of benzene rings is 1. The van der Waals surface area contributed by atoms with Crippen molar-refractivity contribution in [1.82, 2.24) is 4.90 Å². The standard InChI is InChI=1S/C13H20N2O3/c1-9-5-6-12(15(17)18)7-13(9)11(3)14(4)8-10(2)16/h5-7,10-11,16H,8H2,1-4H3. The maximum Gasteiger partial charge on any atom is 0.269 e. The molecule has 5 nitrogen and oxygen atoms in total. The summed E-state index contributed by atoms with van der Waals surface area (Å²) in [5.41, 5.74) is 2.05. The molecule has 2 atom stereocenters. The molecule has 1 aromatic rings. The summed E-state index contributed by atoms with van der Waals surface area (Å²) in [6.07, 6.45) is -0.420. The Morgan fingerprint density at radius 2 is 2.06 bits per heavy atom. The van der Waals surface area contributed by atoms with Crippen molar-refractivity contribution in [2.24, 2.45) is 0 Å². The van der Waals surface area contributed by atoms with E-state index in [1.807, 2.05) is 25.8 Å². The molecule has 0 fully saturated rings. The van der Waals surface area contributed by atoms with Crippen molar-refractivity contribution in [3.05, 3.63) is 39.4 Å². The normalized spacial score (nSPS) is 14.6. The Morgan fingerprint density at radius 3 is 2.56 bits per heavy atom. The number of rotatable bonds is 5. The van der Waals surface area contributed by atoms with Crippen molar-refractivity contribution in [3.8, 4) is 0 Å². The average molecular weight is 252 g/mol. The monoisotopic (exact) mass is 252 g/mol. The van der Waals surface area contributed by atoms with Crippen LogP contribution in [0.15, 0.2) is 18.2 Å². The molecule has 1 aromatic carbocycles. The van der Waals surface area contributed by atoms with Gasteiger partial charge in [-0.05, 0) is 38.9 Å². The second kappa shape index (κ2) is 5.93. The van der Waals surface area contributed by atoms with Gasteiger partial charge < -0.3 is 5.11 Å². The van der Waals surface area contributed by atoms with E-state index in [1.54, 1.807) is 19.1 Å². The maximum absolute atomic E-state index is 10.8. The lowest BCUT2D eigenvalue weighted by atomic mass is 10.0. The van der Waals surface area contributed by atoms with Gasteiger partial charge in [0.15, 0.2) is 0 Å². The average Bonchev–Trinajstić information content (AvgIpc) is 2.27. The third-order valence-electron chi connectivity index (χ3n) is 3.14. The molecule has 0 radical (unpaired) electrons. The molecule has 0 saturated heterocycles. The lowest BCUT2D eigenvalue weighted by molar-refractivity contribution is -0.385. The minimum atomic E-state index is -0.420. The van der Waals surface area contributed by atoms with Gasteiger partial charge in [0, 0.05) is 24.7 Å². The molecule has 0 bridgehead atoms. The van der Waals surface area contributed by atoms with Gasteiger partial charge in [0.1, 0.15) is 0 Å². The smallest absolute Gasteiger partial charge is 0.269 e. The number of hydrogen-bond acceptors (Lipinski definition) is 4. The summed E-state index contributed by atoms with van der Waals surface area (Å²) in [5, 5.41) is 20.2. The molecule has 0 spiro atoms. The number of likely N-dealkylation sites (N-methyl/N-ethyl adjacent to an activating group) is 1. The molecule has 1 N–H and O–H groups in total. The fourth-order valence-corrected chi connectivity index (χ4v) is 2.00. The molecule has 0 heterocycles. The molecule has 0 amide bonds. The van der Waals surface area contributed by atoms with Crippen LogP contribution in [0.1, 0.15) is 31.0 Å². The van der Waals surface area contributed by atoms with Crippen molar-refractivity contribution in [1.29, 1.82) is 0 Å². The van der Waals surface area contributed by atoms with E-state index < -0.39 is 6.10 Å². The maximum atomic E-state index is 10.8. The second-order valence-electron chi connectivity index (χ2n) is 4.76. The van der Waals surface area contributed by atoms with Crippen LogP contribution in [0.4, 0.5) is 5.69 Å². The quantitative estimate of drug-likeness (QED) is 0.645. The van der Waals surface area contributed by atoms with E-state index in [4.69, 9.17) is 0 Å². The Labute approximate surface area is 107 Å². The number of non-ortho nitro benzene ring substituents is 1. The third kappa shape index (κ3) is 3.51. The lowest BCUT2D eigenvalue weighted by Crippen LogP contribution is -2.30. The van der Waals surface area contributed by atoms with Crippen LogP contribution in [0.25, 0.3) is 0 Å². The summed E-state index contributed by atoms with van der Waals surface area (Å²) in [5.74, 6) is 0.